The minimum atomic E-state index is -3.51. The Kier molecular flexibility index (Phi) is 6.00. The molecule has 0 aromatic rings. The molecule has 0 amide bonds. The lowest BCUT2D eigenvalue weighted by Gasteiger charge is -2.30. The second kappa shape index (κ2) is 7.05. The van der Waals surface area contributed by atoms with Crippen molar-refractivity contribution < 1.29 is 23.8 Å². The first kappa shape index (κ1) is 16.2. The van der Waals surface area contributed by atoms with Crippen LogP contribution >= 0.6 is 7.60 Å². The van der Waals surface area contributed by atoms with E-state index in [2.05, 4.69) is 10.0 Å². The molecule has 19 heavy (non-hydrogen) atoms. The number of nitrogens with zero attached hydrogens (tertiary/aromatic N) is 3. The summed E-state index contributed by atoms with van der Waals surface area (Å²) in [7, 11) is -3.51. The Morgan fingerprint density at radius 2 is 2.05 bits per heavy atom. The third-order valence-electron chi connectivity index (χ3n) is 2.66. The van der Waals surface area contributed by atoms with Crippen molar-refractivity contribution in [2.24, 2.45) is 5.11 Å². The van der Waals surface area contributed by atoms with E-state index in [4.69, 9.17) is 14.6 Å². The molecule has 108 valence electrons. The van der Waals surface area contributed by atoms with Crippen LogP contribution in [0, 0.1) is 0 Å². The van der Waals surface area contributed by atoms with Gasteiger partial charge in [0.25, 0.3) is 0 Å². The molecule has 2 N–H and O–H groups in total. The number of azide groups is 1. The molecular weight excluding hydrogens is 273 g/mol. The molecule has 0 fully saturated rings. The Hall–Kier alpha value is -0.880. The van der Waals surface area contributed by atoms with Gasteiger partial charge in [-0.15, -0.1) is 0 Å². The number of hydrogen-bond acceptors (Lipinski definition) is 6. The van der Waals surface area contributed by atoms with Crippen molar-refractivity contribution in [3.8, 4) is 0 Å². The lowest BCUT2D eigenvalue weighted by Crippen LogP contribution is -2.38. The standard InChI is InChI=1S/C10H18N3O5P/c1-3-17-19(16,18-4-2)7-5-8(14)10(12-13-11)9(15)6-7/h5,8-10,14-15H,3-4,6H2,1-2H3/t8-,9+,10+/m1/s1. The third-order valence-corrected chi connectivity index (χ3v) is 4.89. The first-order chi connectivity index (χ1) is 8.98. The summed E-state index contributed by atoms with van der Waals surface area (Å²) < 4.78 is 22.8. The second-order valence-corrected chi connectivity index (χ2v) is 6.03. The smallest absolute Gasteiger partial charge is 0.357 e. The van der Waals surface area contributed by atoms with E-state index in [1.807, 2.05) is 0 Å². The molecule has 0 saturated heterocycles. The van der Waals surface area contributed by atoms with Crippen LogP contribution in [-0.2, 0) is 13.6 Å². The van der Waals surface area contributed by atoms with E-state index in [0.717, 1.165) is 0 Å². The summed E-state index contributed by atoms with van der Waals surface area (Å²) in [5.41, 5.74) is 8.36. The van der Waals surface area contributed by atoms with Gasteiger partial charge in [0.15, 0.2) is 0 Å². The number of rotatable bonds is 6. The van der Waals surface area contributed by atoms with Crippen molar-refractivity contribution in [1.29, 1.82) is 0 Å². The Morgan fingerprint density at radius 3 is 2.47 bits per heavy atom. The molecule has 0 unspecified atom stereocenters. The molecule has 0 spiro atoms. The van der Waals surface area contributed by atoms with Crippen LogP contribution in [-0.4, -0.2) is 41.7 Å². The Labute approximate surface area is 111 Å². The Bertz CT molecular complexity index is 425. The molecule has 8 nitrogen and oxygen atoms in total. The van der Waals surface area contributed by atoms with Crippen molar-refractivity contribution in [3.05, 3.63) is 21.8 Å². The maximum Gasteiger partial charge on any atom is 0.357 e. The summed E-state index contributed by atoms with van der Waals surface area (Å²) >= 11 is 0. The summed E-state index contributed by atoms with van der Waals surface area (Å²) in [5, 5.41) is 23.2. The van der Waals surface area contributed by atoms with Crippen LogP contribution in [0.15, 0.2) is 16.5 Å². The molecule has 1 aliphatic rings. The van der Waals surface area contributed by atoms with Crippen molar-refractivity contribution >= 4 is 7.60 Å². The van der Waals surface area contributed by atoms with Gasteiger partial charge < -0.3 is 19.3 Å². The first-order valence-electron chi connectivity index (χ1n) is 5.99. The lowest BCUT2D eigenvalue weighted by atomic mass is 9.97. The van der Waals surface area contributed by atoms with Gasteiger partial charge in [0.05, 0.1) is 31.5 Å². The van der Waals surface area contributed by atoms with Gasteiger partial charge in [-0.1, -0.05) is 5.11 Å². The van der Waals surface area contributed by atoms with Crippen LogP contribution in [0.25, 0.3) is 10.4 Å². The van der Waals surface area contributed by atoms with Gasteiger partial charge in [0.1, 0.15) is 0 Å². The van der Waals surface area contributed by atoms with Gasteiger partial charge in [-0.2, -0.15) is 0 Å². The third kappa shape index (κ3) is 3.79. The van der Waals surface area contributed by atoms with E-state index in [0.29, 0.717) is 0 Å². The monoisotopic (exact) mass is 291 g/mol. The van der Waals surface area contributed by atoms with Crippen LogP contribution in [0.1, 0.15) is 20.3 Å². The van der Waals surface area contributed by atoms with E-state index >= 15 is 0 Å². The van der Waals surface area contributed by atoms with Crippen molar-refractivity contribution in [3.63, 3.8) is 0 Å². The largest absolute Gasteiger partial charge is 0.392 e. The van der Waals surface area contributed by atoms with Crippen molar-refractivity contribution in [2.45, 2.75) is 38.5 Å². The summed E-state index contributed by atoms with van der Waals surface area (Å²) in [6, 6.07) is -0.995. The van der Waals surface area contributed by atoms with Crippen LogP contribution < -0.4 is 0 Å². The van der Waals surface area contributed by atoms with Gasteiger partial charge in [-0.05, 0) is 25.5 Å². The number of hydrogen-bond donors (Lipinski definition) is 2. The molecular formula is C10H18N3O5P. The maximum absolute atomic E-state index is 12.5. The molecule has 0 saturated carbocycles. The summed E-state index contributed by atoms with van der Waals surface area (Å²) in [4.78, 5) is 2.56. The summed E-state index contributed by atoms with van der Waals surface area (Å²) in [5.74, 6) is 0. The molecule has 1 aliphatic carbocycles. The van der Waals surface area contributed by atoms with Gasteiger partial charge in [0.2, 0.25) is 0 Å². The molecule has 0 heterocycles. The molecule has 3 atom stereocenters. The lowest BCUT2D eigenvalue weighted by molar-refractivity contribution is 0.0692. The predicted molar refractivity (Wildman–Crippen MR) is 68.5 cm³/mol. The first-order valence-corrected chi connectivity index (χ1v) is 7.53. The minimum Gasteiger partial charge on any atom is -0.392 e. The molecule has 0 aliphatic heterocycles. The average molecular weight is 291 g/mol. The van der Waals surface area contributed by atoms with Crippen LogP contribution in [0.4, 0.5) is 0 Å². The van der Waals surface area contributed by atoms with Crippen LogP contribution in [0.5, 0.6) is 0 Å². The quantitative estimate of drug-likeness (QED) is 0.335. The molecule has 0 bridgehead atoms. The molecule has 9 heteroatoms. The zero-order chi connectivity index (χ0) is 14.5. The highest BCUT2D eigenvalue weighted by Crippen LogP contribution is 2.58. The number of aliphatic hydroxyl groups is 2. The van der Waals surface area contributed by atoms with E-state index < -0.39 is 25.8 Å². The van der Waals surface area contributed by atoms with Crippen molar-refractivity contribution in [1.82, 2.24) is 0 Å². The summed E-state index contributed by atoms with van der Waals surface area (Å²) in [6.45, 7) is 3.70. The molecule has 0 radical (unpaired) electrons. The zero-order valence-electron chi connectivity index (χ0n) is 10.8. The second-order valence-electron chi connectivity index (χ2n) is 3.95. The van der Waals surface area contributed by atoms with E-state index in [9.17, 15) is 14.8 Å². The fourth-order valence-electron chi connectivity index (χ4n) is 1.88. The van der Waals surface area contributed by atoms with Gasteiger partial charge in [-0.25, -0.2) is 0 Å². The van der Waals surface area contributed by atoms with Crippen LogP contribution in [0.3, 0.4) is 0 Å². The van der Waals surface area contributed by atoms with Gasteiger partial charge in [-0.3, -0.25) is 4.57 Å². The maximum atomic E-state index is 12.5. The highest BCUT2D eigenvalue weighted by atomic mass is 31.2. The normalized spacial score (nSPS) is 27.6. The highest BCUT2D eigenvalue weighted by Gasteiger charge is 2.39. The number of aliphatic hydroxyl groups excluding tert-OH is 2. The van der Waals surface area contributed by atoms with Crippen LogP contribution in [0.2, 0.25) is 0 Å². The summed E-state index contributed by atoms with van der Waals surface area (Å²) in [6.07, 6.45) is -1.10. The fraction of sp³-hybridized carbons (Fsp3) is 0.800. The van der Waals surface area contributed by atoms with Gasteiger partial charge in [0, 0.05) is 16.6 Å². The van der Waals surface area contributed by atoms with Gasteiger partial charge >= 0.3 is 7.60 Å². The van der Waals surface area contributed by atoms with E-state index in [-0.39, 0.29) is 24.9 Å². The predicted octanol–water partition coefficient (Wildman–Crippen LogP) is 1.94. The minimum absolute atomic E-state index is 0.0297. The molecule has 0 aromatic heterocycles. The SMILES string of the molecule is CCOP(=O)(OCC)C1=C[C@@H](O)[C@H](N=[N+]=[N-])[C@@H](O)C1. The molecule has 1 rings (SSSR count). The van der Waals surface area contributed by atoms with E-state index in [1.165, 1.54) is 6.08 Å². The average Bonchev–Trinajstić information content (AvgIpc) is 2.34. The highest BCUT2D eigenvalue weighted by molar-refractivity contribution is 7.58. The topological polar surface area (TPSA) is 125 Å². The Balaban J connectivity index is 3.03. The zero-order valence-corrected chi connectivity index (χ0v) is 11.7. The fourth-order valence-corrected chi connectivity index (χ4v) is 3.71. The molecule has 0 aromatic carbocycles. The Morgan fingerprint density at radius 1 is 1.47 bits per heavy atom. The van der Waals surface area contributed by atoms with E-state index in [1.54, 1.807) is 13.8 Å². The van der Waals surface area contributed by atoms with Crippen molar-refractivity contribution in [2.75, 3.05) is 13.2 Å².